The Morgan fingerprint density at radius 1 is 1.29 bits per heavy atom. The molecule has 1 aliphatic heterocycles. The van der Waals surface area contributed by atoms with Crippen LogP contribution in [0.25, 0.3) is 10.2 Å². The van der Waals surface area contributed by atoms with Gasteiger partial charge in [-0.25, -0.2) is 13.8 Å². The van der Waals surface area contributed by atoms with Gasteiger partial charge in [0.25, 0.3) is 5.91 Å². The minimum Gasteiger partial charge on any atom is -0.376 e. The summed E-state index contributed by atoms with van der Waals surface area (Å²) in [5, 5.41) is 0.348. The molecule has 0 saturated carbocycles. The third-order valence-corrected chi connectivity index (χ3v) is 5.94. The zero-order valence-electron chi connectivity index (χ0n) is 15.7. The first kappa shape index (κ1) is 19.0. The minimum atomic E-state index is -0.728. The van der Waals surface area contributed by atoms with Gasteiger partial charge in [0.2, 0.25) is 0 Å². The molecular formula is C21H20F2N2O2S. The molecule has 4 nitrogen and oxygen atoms in total. The molecule has 0 aliphatic carbocycles. The maximum Gasteiger partial charge on any atom is 0.260 e. The van der Waals surface area contributed by atoms with Crippen molar-refractivity contribution in [3.8, 4) is 0 Å². The van der Waals surface area contributed by atoms with Crippen molar-refractivity contribution >= 4 is 32.6 Å². The number of thiazole rings is 1. The van der Waals surface area contributed by atoms with E-state index in [-0.39, 0.29) is 17.5 Å². The number of benzene rings is 2. The summed E-state index contributed by atoms with van der Waals surface area (Å²) >= 11 is 1.11. The Morgan fingerprint density at radius 2 is 2.11 bits per heavy atom. The summed E-state index contributed by atoms with van der Waals surface area (Å²) in [6, 6.07) is 7.75. The average Bonchev–Trinajstić information content (AvgIpc) is 3.30. The third-order valence-electron chi connectivity index (χ3n) is 4.91. The van der Waals surface area contributed by atoms with E-state index in [1.807, 2.05) is 32.0 Å². The second-order valence-corrected chi connectivity index (χ2v) is 8.11. The van der Waals surface area contributed by atoms with Gasteiger partial charge < -0.3 is 4.74 Å². The van der Waals surface area contributed by atoms with E-state index in [1.165, 1.54) is 6.07 Å². The maximum absolute atomic E-state index is 14.1. The van der Waals surface area contributed by atoms with Crippen molar-refractivity contribution in [1.82, 2.24) is 4.98 Å². The van der Waals surface area contributed by atoms with Crippen LogP contribution in [0.1, 0.15) is 34.3 Å². The summed E-state index contributed by atoms with van der Waals surface area (Å²) in [7, 11) is 0. The average molecular weight is 402 g/mol. The Hall–Kier alpha value is -2.38. The normalized spacial score (nSPS) is 16.6. The highest BCUT2D eigenvalue weighted by molar-refractivity contribution is 7.22. The van der Waals surface area contributed by atoms with E-state index in [4.69, 9.17) is 4.74 Å². The zero-order valence-corrected chi connectivity index (χ0v) is 16.5. The van der Waals surface area contributed by atoms with Gasteiger partial charge in [0.05, 0.1) is 17.3 Å². The van der Waals surface area contributed by atoms with E-state index in [9.17, 15) is 13.6 Å². The number of amides is 1. The van der Waals surface area contributed by atoms with Gasteiger partial charge >= 0.3 is 0 Å². The van der Waals surface area contributed by atoms with Crippen LogP contribution in [0.2, 0.25) is 0 Å². The number of anilines is 1. The smallest absolute Gasteiger partial charge is 0.260 e. The molecule has 1 unspecified atom stereocenters. The molecule has 0 radical (unpaired) electrons. The third kappa shape index (κ3) is 3.64. The summed E-state index contributed by atoms with van der Waals surface area (Å²) in [6.07, 6.45) is 1.70. The number of hydrogen-bond donors (Lipinski definition) is 0. The zero-order chi connectivity index (χ0) is 19.8. The Kier molecular flexibility index (Phi) is 5.12. The molecule has 7 heteroatoms. The number of carbonyl (C=O) groups excluding carboxylic acids is 1. The number of ether oxygens (including phenoxy) is 1. The lowest BCUT2D eigenvalue weighted by Crippen LogP contribution is -2.37. The fourth-order valence-electron chi connectivity index (χ4n) is 3.41. The highest BCUT2D eigenvalue weighted by Gasteiger charge is 2.28. The van der Waals surface area contributed by atoms with Crippen LogP contribution in [0, 0.1) is 25.5 Å². The highest BCUT2D eigenvalue weighted by Crippen LogP contribution is 2.33. The van der Waals surface area contributed by atoms with Crippen molar-refractivity contribution in [3.63, 3.8) is 0 Å². The molecule has 1 aromatic heterocycles. The van der Waals surface area contributed by atoms with Crippen LogP contribution in [-0.4, -0.2) is 30.1 Å². The van der Waals surface area contributed by atoms with E-state index in [0.29, 0.717) is 28.5 Å². The van der Waals surface area contributed by atoms with E-state index in [0.717, 1.165) is 41.4 Å². The molecule has 0 spiro atoms. The molecule has 1 saturated heterocycles. The number of carbonyl (C=O) groups is 1. The molecule has 2 heterocycles. The first-order chi connectivity index (χ1) is 13.4. The summed E-state index contributed by atoms with van der Waals surface area (Å²) in [6.45, 7) is 4.80. The molecule has 28 heavy (non-hydrogen) atoms. The lowest BCUT2D eigenvalue weighted by atomic mass is 10.0. The molecule has 3 aromatic rings. The summed E-state index contributed by atoms with van der Waals surface area (Å²) in [5.74, 6) is -1.60. The summed E-state index contributed by atoms with van der Waals surface area (Å²) in [4.78, 5) is 19.3. The largest absolute Gasteiger partial charge is 0.376 e. The fraction of sp³-hybridized carbons (Fsp3) is 0.333. The number of halogens is 2. The molecule has 1 amide bonds. The SMILES string of the molecule is Cc1ccc(C)c(C(=O)N(CC2CCCO2)c2nc3c(F)cc(F)cc3s2)c1. The van der Waals surface area contributed by atoms with Crippen LogP contribution >= 0.6 is 11.3 Å². The molecular weight excluding hydrogens is 382 g/mol. The first-order valence-electron chi connectivity index (χ1n) is 9.18. The van der Waals surface area contributed by atoms with Crippen molar-refractivity contribution in [2.24, 2.45) is 0 Å². The second-order valence-electron chi connectivity index (χ2n) is 7.10. The molecule has 1 atom stereocenters. The van der Waals surface area contributed by atoms with E-state index in [1.54, 1.807) is 4.90 Å². The Bertz CT molecular complexity index is 1040. The summed E-state index contributed by atoms with van der Waals surface area (Å²) < 4.78 is 33.8. The van der Waals surface area contributed by atoms with Gasteiger partial charge in [-0.3, -0.25) is 9.69 Å². The molecule has 0 bridgehead atoms. The Morgan fingerprint density at radius 3 is 2.86 bits per heavy atom. The number of aromatic nitrogens is 1. The summed E-state index contributed by atoms with van der Waals surface area (Å²) in [5.41, 5.74) is 2.48. The van der Waals surface area contributed by atoms with Crippen LogP contribution in [-0.2, 0) is 4.74 Å². The fourth-order valence-corrected chi connectivity index (χ4v) is 4.43. The van der Waals surface area contributed by atoms with Crippen LogP contribution < -0.4 is 4.90 Å². The molecule has 146 valence electrons. The number of aryl methyl sites for hydroxylation is 2. The van der Waals surface area contributed by atoms with Crippen LogP contribution in [0.15, 0.2) is 30.3 Å². The number of hydrogen-bond acceptors (Lipinski definition) is 4. The van der Waals surface area contributed by atoms with Gasteiger partial charge in [-0.2, -0.15) is 0 Å². The van der Waals surface area contributed by atoms with Crippen molar-refractivity contribution in [2.75, 3.05) is 18.1 Å². The van der Waals surface area contributed by atoms with Crippen LogP contribution in [0.3, 0.4) is 0 Å². The molecule has 4 rings (SSSR count). The monoisotopic (exact) mass is 402 g/mol. The molecule has 0 N–H and O–H groups in total. The molecule has 1 aliphatic rings. The van der Waals surface area contributed by atoms with E-state index in [2.05, 4.69) is 4.98 Å². The maximum atomic E-state index is 14.1. The lowest BCUT2D eigenvalue weighted by molar-refractivity contribution is 0.0917. The van der Waals surface area contributed by atoms with Gasteiger partial charge in [-0.15, -0.1) is 0 Å². The van der Waals surface area contributed by atoms with Crippen LogP contribution in [0.5, 0.6) is 0 Å². The van der Waals surface area contributed by atoms with Gasteiger partial charge in [0, 0.05) is 18.2 Å². The predicted molar refractivity (Wildman–Crippen MR) is 106 cm³/mol. The Balaban J connectivity index is 1.78. The Labute approximate surface area is 165 Å². The van der Waals surface area contributed by atoms with Crippen molar-refractivity contribution in [1.29, 1.82) is 0 Å². The van der Waals surface area contributed by atoms with Crippen LogP contribution in [0.4, 0.5) is 13.9 Å². The van der Waals surface area contributed by atoms with Crippen molar-refractivity contribution in [2.45, 2.75) is 32.8 Å². The van der Waals surface area contributed by atoms with E-state index < -0.39 is 11.6 Å². The lowest BCUT2D eigenvalue weighted by Gasteiger charge is -2.24. The predicted octanol–water partition coefficient (Wildman–Crippen LogP) is 5.02. The van der Waals surface area contributed by atoms with Gasteiger partial charge in [-0.1, -0.05) is 29.0 Å². The molecule has 1 fully saturated rings. The highest BCUT2D eigenvalue weighted by atomic mass is 32.1. The molecule has 2 aromatic carbocycles. The second kappa shape index (κ2) is 7.56. The topological polar surface area (TPSA) is 42.4 Å². The van der Waals surface area contributed by atoms with Gasteiger partial charge in [0.1, 0.15) is 11.3 Å². The first-order valence-corrected chi connectivity index (χ1v) is 10.0. The minimum absolute atomic E-state index is 0.0764. The van der Waals surface area contributed by atoms with E-state index >= 15 is 0 Å². The van der Waals surface area contributed by atoms with Gasteiger partial charge in [-0.05, 0) is 44.4 Å². The number of rotatable bonds is 4. The van der Waals surface area contributed by atoms with Crippen molar-refractivity contribution in [3.05, 3.63) is 58.7 Å². The van der Waals surface area contributed by atoms with Crippen molar-refractivity contribution < 1.29 is 18.3 Å². The quantitative estimate of drug-likeness (QED) is 0.616. The standard InChI is InChI=1S/C21H20F2N2O2S/c1-12-5-6-13(2)16(8-12)20(26)25(11-15-4-3-7-27-15)21-24-19-17(23)9-14(22)10-18(19)28-21/h5-6,8-10,15H,3-4,7,11H2,1-2H3. The number of nitrogens with zero attached hydrogens (tertiary/aromatic N) is 2. The van der Waals surface area contributed by atoms with Gasteiger partial charge in [0.15, 0.2) is 10.9 Å². The number of fused-ring (bicyclic) bond motifs is 1.